The summed E-state index contributed by atoms with van der Waals surface area (Å²) in [7, 11) is 0. The highest BCUT2D eigenvalue weighted by molar-refractivity contribution is 6.00. The second-order valence-corrected chi connectivity index (χ2v) is 5.78. The quantitative estimate of drug-likeness (QED) is 0.845. The minimum Gasteiger partial charge on any atom is -0.486 e. The molecule has 0 aliphatic carbocycles. The van der Waals surface area contributed by atoms with Crippen molar-refractivity contribution in [3.8, 4) is 5.75 Å². The minimum atomic E-state index is -0.576. The highest BCUT2D eigenvalue weighted by Crippen LogP contribution is 2.36. The van der Waals surface area contributed by atoms with Crippen molar-refractivity contribution in [2.75, 3.05) is 0 Å². The molecule has 1 aliphatic rings. The molecule has 2 nitrogen and oxygen atoms in total. The van der Waals surface area contributed by atoms with Crippen molar-refractivity contribution in [3.05, 3.63) is 65.5 Å². The number of fused-ring (bicyclic) bond motifs is 1. The van der Waals surface area contributed by atoms with E-state index in [4.69, 9.17) is 4.74 Å². The molecule has 0 radical (unpaired) electrons. The zero-order valence-corrected chi connectivity index (χ0v) is 11.9. The molecule has 0 aromatic heterocycles. The van der Waals surface area contributed by atoms with Crippen LogP contribution in [0.15, 0.2) is 48.5 Å². The van der Waals surface area contributed by atoms with Gasteiger partial charge in [0.1, 0.15) is 17.2 Å². The van der Waals surface area contributed by atoms with Gasteiger partial charge < -0.3 is 4.74 Å². The van der Waals surface area contributed by atoms with E-state index in [0.717, 1.165) is 12.8 Å². The third-order valence-electron chi connectivity index (χ3n) is 3.92. The van der Waals surface area contributed by atoms with E-state index >= 15 is 0 Å². The van der Waals surface area contributed by atoms with Crippen LogP contribution in [0.25, 0.3) is 0 Å². The molecule has 2 aromatic rings. The zero-order chi connectivity index (χ0) is 14.9. The summed E-state index contributed by atoms with van der Waals surface area (Å²) in [6, 6.07) is 14.2. The molecular formula is C18H17FO2. The second kappa shape index (κ2) is 5.32. The van der Waals surface area contributed by atoms with E-state index in [1.807, 2.05) is 25.1 Å². The summed E-state index contributed by atoms with van der Waals surface area (Å²) in [5.74, 6) is 0.00230. The van der Waals surface area contributed by atoms with Gasteiger partial charge in [0, 0.05) is 6.07 Å². The first-order chi connectivity index (χ1) is 10.1. The Labute approximate surface area is 123 Å². The fourth-order valence-electron chi connectivity index (χ4n) is 2.74. The molecule has 3 heteroatoms. The summed E-state index contributed by atoms with van der Waals surface area (Å²) in [4.78, 5) is 12.2. The maximum absolute atomic E-state index is 13.3. The summed E-state index contributed by atoms with van der Waals surface area (Å²) in [6.45, 7) is 1.92. The first kappa shape index (κ1) is 13.8. The first-order valence-electron chi connectivity index (χ1n) is 7.11. The molecule has 0 saturated heterocycles. The fourth-order valence-corrected chi connectivity index (χ4v) is 2.74. The van der Waals surface area contributed by atoms with Crippen molar-refractivity contribution in [2.45, 2.75) is 31.8 Å². The zero-order valence-electron chi connectivity index (χ0n) is 11.9. The van der Waals surface area contributed by atoms with Crippen LogP contribution in [0.2, 0.25) is 0 Å². The lowest BCUT2D eigenvalue weighted by Gasteiger charge is -2.35. The third-order valence-corrected chi connectivity index (χ3v) is 3.92. The van der Waals surface area contributed by atoms with Crippen LogP contribution in [0.3, 0.4) is 0 Å². The molecule has 21 heavy (non-hydrogen) atoms. The standard InChI is InChI=1S/C18H17FO2/c1-18(10-9-13-5-3-2-4-6-13)12-16(20)15-8-7-14(19)11-17(15)21-18/h2-8,11H,9-10,12H2,1H3. The average Bonchev–Trinajstić information content (AvgIpc) is 2.46. The van der Waals surface area contributed by atoms with Crippen LogP contribution < -0.4 is 4.74 Å². The Bertz CT molecular complexity index is 666. The molecule has 0 spiro atoms. The third kappa shape index (κ3) is 2.97. The number of hydrogen-bond donors (Lipinski definition) is 0. The Morgan fingerprint density at radius 1 is 1.19 bits per heavy atom. The van der Waals surface area contributed by atoms with Gasteiger partial charge in [0.15, 0.2) is 5.78 Å². The highest BCUT2D eigenvalue weighted by atomic mass is 19.1. The van der Waals surface area contributed by atoms with E-state index in [1.165, 1.54) is 23.8 Å². The van der Waals surface area contributed by atoms with E-state index in [9.17, 15) is 9.18 Å². The Hall–Kier alpha value is -2.16. The van der Waals surface area contributed by atoms with Gasteiger partial charge in [-0.05, 0) is 37.5 Å². The van der Waals surface area contributed by atoms with Crippen LogP contribution >= 0.6 is 0 Å². The molecule has 0 N–H and O–H groups in total. The van der Waals surface area contributed by atoms with Crippen molar-refractivity contribution in [1.82, 2.24) is 0 Å². The molecule has 1 atom stereocenters. The monoisotopic (exact) mass is 284 g/mol. The van der Waals surface area contributed by atoms with Crippen LogP contribution in [-0.2, 0) is 6.42 Å². The van der Waals surface area contributed by atoms with Crippen LogP contribution in [0.5, 0.6) is 5.75 Å². The van der Waals surface area contributed by atoms with Crippen molar-refractivity contribution >= 4 is 5.78 Å². The lowest BCUT2D eigenvalue weighted by atomic mass is 9.87. The van der Waals surface area contributed by atoms with Crippen molar-refractivity contribution < 1.29 is 13.9 Å². The van der Waals surface area contributed by atoms with Gasteiger partial charge >= 0.3 is 0 Å². The fraction of sp³-hybridized carbons (Fsp3) is 0.278. The SMILES string of the molecule is CC1(CCc2ccccc2)CC(=O)c2ccc(F)cc2O1. The number of benzene rings is 2. The van der Waals surface area contributed by atoms with Gasteiger partial charge in [0.05, 0.1) is 12.0 Å². The van der Waals surface area contributed by atoms with E-state index in [0.29, 0.717) is 17.7 Å². The van der Waals surface area contributed by atoms with Gasteiger partial charge in [-0.3, -0.25) is 4.79 Å². The summed E-state index contributed by atoms with van der Waals surface area (Å²) < 4.78 is 19.3. The molecule has 0 saturated carbocycles. The maximum atomic E-state index is 13.3. The molecule has 0 fully saturated rings. The number of Topliss-reactive ketones (excluding diaryl/α,β-unsaturated/α-hetero) is 1. The highest BCUT2D eigenvalue weighted by Gasteiger charge is 2.36. The van der Waals surface area contributed by atoms with E-state index < -0.39 is 5.60 Å². The van der Waals surface area contributed by atoms with Gasteiger partial charge in [0.2, 0.25) is 0 Å². The second-order valence-electron chi connectivity index (χ2n) is 5.78. The predicted octanol–water partition coefficient (Wildman–Crippen LogP) is 4.18. The number of halogens is 1. The van der Waals surface area contributed by atoms with Crippen LogP contribution in [-0.4, -0.2) is 11.4 Å². The van der Waals surface area contributed by atoms with E-state index in [-0.39, 0.29) is 11.6 Å². The van der Waals surface area contributed by atoms with Crippen molar-refractivity contribution in [2.24, 2.45) is 0 Å². The molecule has 0 amide bonds. The summed E-state index contributed by atoms with van der Waals surface area (Å²) in [6.07, 6.45) is 1.88. The molecule has 1 aliphatic heterocycles. The molecule has 1 heterocycles. The summed E-state index contributed by atoms with van der Waals surface area (Å²) in [5.41, 5.74) is 1.11. The molecule has 108 valence electrons. The Kier molecular flexibility index (Phi) is 3.50. The number of carbonyl (C=O) groups is 1. The Balaban J connectivity index is 1.78. The first-order valence-corrected chi connectivity index (χ1v) is 7.11. The maximum Gasteiger partial charge on any atom is 0.170 e. The van der Waals surface area contributed by atoms with Gasteiger partial charge in [-0.2, -0.15) is 0 Å². The number of aryl methyl sites for hydroxylation is 1. The largest absolute Gasteiger partial charge is 0.486 e. The number of ketones is 1. The molecular weight excluding hydrogens is 267 g/mol. The van der Waals surface area contributed by atoms with Gasteiger partial charge in [-0.1, -0.05) is 30.3 Å². The molecule has 1 unspecified atom stereocenters. The van der Waals surface area contributed by atoms with Gasteiger partial charge in [0.25, 0.3) is 0 Å². The average molecular weight is 284 g/mol. The summed E-state index contributed by atoms with van der Waals surface area (Å²) >= 11 is 0. The normalized spacial score (nSPS) is 20.8. The number of hydrogen-bond acceptors (Lipinski definition) is 2. The molecule has 0 bridgehead atoms. The number of ether oxygens (including phenoxy) is 1. The predicted molar refractivity (Wildman–Crippen MR) is 79.1 cm³/mol. The molecule has 2 aromatic carbocycles. The van der Waals surface area contributed by atoms with Gasteiger partial charge in [-0.15, -0.1) is 0 Å². The van der Waals surface area contributed by atoms with E-state index in [1.54, 1.807) is 0 Å². The smallest absolute Gasteiger partial charge is 0.170 e. The number of carbonyl (C=O) groups excluding carboxylic acids is 1. The van der Waals surface area contributed by atoms with Crippen molar-refractivity contribution in [3.63, 3.8) is 0 Å². The number of rotatable bonds is 3. The van der Waals surface area contributed by atoms with Crippen LogP contribution in [0.4, 0.5) is 4.39 Å². The van der Waals surface area contributed by atoms with Crippen LogP contribution in [0.1, 0.15) is 35.7 Å². The van der Waals surface area contributed by atoms with Crippen molar-refractivity contribution in [1.29, 1.82) is 0 Å². The Morgan fingerprint density at radius 2 is 1.95 bits per heavy atom. The summed E-state index contributed by atoms with van der Waals surface area (Å²) in [5, 5.41) is 0. The Morgan fingerprint density at radius 3 is 2.71 bits per heavy atom. The topological polar surface area (TPSA) is 26.3 Å². The lowest BCUT2D eigenvalue weighted by Crippen LogP contribution is -2.39. The van der Waals surface area contributed by atoms with E-state index in [2.05, 4.69) is 12.1 Å². The minimum absolute atomic E-state index is 0.0202. The van der Waals surface area contributed by atoms with Gasteiger partial charge in [-0.25, -0.2) is 4.39 Å². The lowest BCUT2D eigenvalue weighted by molar-refractivity contribution is 0.0469. The van der Waals surface area contributed by atoms with Crippen LogP contribution in [0, 0.1) is 5.82 Å². The molecule has 3 rings (SSSR count).